The summed E-state index contributed by atoms with van der Waals surface area (Å²) in [6, 6.07) is 34.3. The van der Waals surface area contributed by atoms with Crippen LogP contribution >= 0.6 is 0 Å². The Labute approximate surface area is 224 Å². The van der Waals surface area contributed by atoms with E-state index >= 15 is 0 Å². The quantitative estimate of drug-likeness (QED) is 0.189. The van der Waals surface area contributed by atoms with Crippen LogP contribution in [0.3, 0.4) is 0 Å². The van der Waals surface area contributed by atoms with Crippen molar-refractivity contribution in [2.24, 2.45) is 0 Å². The lowest BCUT2D eigenvalue weighted by Gasteiger charge is -2.32. The third kappa shape index (κ3) is 3.82. The minimum absolute atomic E-state index is 0.373. The van der Waals surface area contributed by atoms with Crippen LogP contribution in [0.1, 0.15) is 38.8 Å². The molecule has 0 atom stereocenters. The van der Waals surface area contributed by atoms with Gasteiger partial charge in [0.05, 0.1) is 22.8 Å². The molecule has 0 aliphatic carbocycles. The molecule has 0 spiro atoms. The summed E-state index contributed by atoms with van der Waals surface area (Å²) >= 11 is 0. The molecule has 1 fully saturated rings. The van der Waals surface area contributed by atoms with E-state index in [0.29, 0.717) is 5.56 Å². The van der Waals surface area contributed by atoms with Gasteiger partial charge in [-0.1, -0.05) is 84.9 Å². The van der Waals surface area contributed by atoms with E-state index in [4.69, 9.17) is 9.31 Å². The summed E-state index contributed by atoms with van der Waals surface area (Å²) in [5.74, 6) is 0. The average Bonchev–Trinajstić information content (AvgIpc) is 3.13. The smallest absolute Gasteiger partial charge is 0.399 e. The van der Waals surface area contributed by atoms with Crippen LogP contribution in [0, 0.1) is 18.3 Å². The molecule has 1 aliphatic heterocycles. The summed E-state index contributed by atoms with van der Waals surface area (Å²) in [5, 5.41) is 14.3. The van der Waals surface area contributed by atoms with Crippen molar-refractivity contribution in [3.05, 3.63) is 102 Å². The van der Waals surface area contributed by atoms with Crippen molar-refractivity contribution in [2.75, 3.05) is 0 Å². The molecule has 38 heavy (non-hydrogen) atoms. The molecule has 1 aliphatic rings. The zero-order valence-electron chi connectivity index (χ0n) is 22.5. The number of hydrogen-bond donors (Lipinski definition) is 0. The third-order valence-electron chi connectivity index (χ3n) is 8.29. The second-order valence-corrected chi connectivity index (χ2v) is 11.2. The molecule has 186 valence electrons. The van der Waals surface area contributed by atoms with Gasteiger partial charge < -0.3 is 9.31 Å². The second-order valence-electron chi connectivity index (χ2n) is 11.2. The minimum Gasteiger partial charge on any atom is -0.399 e. The highest BCUT2D eigenvalue weighted by Gasteiger charge is 2.51. The Balaban J connectivity index is 1.54. The molecule has 0 amide bonds. The molecular weight excluding hydrogens is 465 g/mol. The number of benzene rings is 5. The van der Waals surface area contributed by atoms with Gasteiger partial charge in [0.25, 0.3) is 0 Å². The Morgan fingerprint density at radius 2 is 1.08 bits per heavy atom. The van der Waals surface area contributed by atoms with Gasteiger partial charge in [-0.3, -0.25) is 0 Å². The maximum absolute atomic E-state index is 9.46. The van der Waals surface area contributed by atoms with E-state index in [9.17, 15) is 5.26 Å². The highest BCUT2D eigenvalue weighted by atomic mass is 16.7. The maximum atomic E-state index is 9.46. The molecule has 1 saturated heterocycles. The van der Waals surface area contributed by atoms with Gasteiger partial charge in [-0.15, -0.1) is 0 Å². The van der Waals surface area contributed by atoms with Crippen molar-refractivity contribution in [1.29, 1.82) is 5.26 Å². The van der Waals surface area contributed by atoms with E-state index in [0.717, 1.165) is 22.2 Å². The summed E-state index contributed by atoms with van der Waals surface area (Å²) in [7, 11) is -0.385. The first kappa shape index (κ1) is 24.4. The number of fused-ring (bicyclic) bond motifs is 2. The van der Waals surface area contributed by atoms with Crippen molar-refractivity contribution in [1.82, 2.24) is 0 Å². The predicted molar refractivity (Wildman–Crippen MR) is 157 cm³/mol. The van der Waals surface area contributed by atoms with Crippen molar-refractivity contribution in [2.45, 2.75) is 45.8 Å². The van der Waals surface area contributed by atoms with E-state index < -0.39 is 0 Å². The Bertz CT molecular complexity index is 1670. The maximum Gasteiger partial charge on any atom is 0.494 e. The fourth-order valence-electron chi connectivity index (χ4n) is 5.48. The highest BCUT2D eigenvalue weighted by molar-refractivity contribution is 6.62. The van der Waals surface area contributed by atoms with Gasteiger partial charge >= 0.3 is 7.12 Å². The second kappa shape index (κ2) is 8.84. The van der Waals surface area contributed by atoms with Gasteiger partial charge in [-0.25, -0.2) is 0 Å². The lowest BCUT2D eigenvalue weighted by molar-refractivity contribution is 0.00578. The fourth-order valence-corrected chi connectivity index (χ4v) is 5.48. The SMILES string of the molecule is Cc1cc(-c2c3ccccc3c(-c3ccc(B4OC(C)(C)C(C)(C)O4)cc3)c3ccccc23)ccc1C#N. The molecule has 0 bridgehead atoms. The first-order chi connectivity index (χ1) is 18.2. The normalized spacial score (nSPS) is 16.2. The molecule has 4 heteroatoms. The van der Waals surface area contributed by atoms with Gasteiger partial charge in [0.15, 0.2) is 0 Å². The van der Waals surface area contributed by atoms with E-state index in [-0.39, 0.29) is 18.3 Å². The molecule has 3 nitrogen and oxygen atoms in total. The first-order valence-electron chi connectivity index (χ1n) is 13.1. The van der Waals surface area contributed by atoms with Gasteiger partial charge in [0.1, 0.15) is 0 Å². The minimum atomic E-state index is -0.385. The summed E-state index contributed by atoms with van der Waals surface area (Å²) in [4.78, 5) is 0. The molecule has 0 unspecified atom stereocenters. The standard InChI is InChI=1S/C34H30BNO2/c1-22-20-24(14-15-25(22)21-36)32-29-12-8-6-10-27(29)31(28-11-7-9-13-30(28)32)23-16-18-26(19-17-23)35-37-33(2,3)34(4,5)38-35/h6-20H,1-5H3. The van der Waals surface area contributed by atoms with Gasteiger partial charge in [0, 0.05) is 0 Å². The first-order valence-corrected chi connectivity index (χ1v) is 13.1. The van der Waals surface area contributed by atoms with Crippen molar-refractivity contribution >= 4 is 34.1 Å². The van der Waals surface area contributed by atoms with E-state index in [1.165, 1.54) is 32.7 Å². The Hall–Kier alpha value is -3.91. The van der Waals surface area contributed by atoms with Crippen LogP contribution in [0.5, 0.6) is 0 Å². The fraction of sp³-hybridized carbons (Fsp3) is 0.206. The summed E-state index contributed by atoms with van der Waals surface area (Å²) in [6.45, 7) is 10.3. The zero-order chi connectivity index (χ0) is 26.7. The number of rotatable bonds is 3. The van der Waals surface area contributed by atoms with Crippen molar-refractivity contribution in [3.63, 3.8) is 0 Å². The lowest BCUT2D eigenvalue weighted by Crippen LogP contribution is -2.41. The Morgan fingerprint density at radius 3 is 1.53 bits per heavy atom. The van der Waals surface area contributed by atoms with Gasteiger partial charge in [0.2, 0.25) is 0 Å². The predicted octanol–water partition coefficient (Wildman–Crippen LogP) is 7.81. The van der Waals surface area contributed by atoms with E-state index in [1.807, 2.05) is 13.0 Å². The highest BCUT2D eigenvalue weighted by Crippen LogP contribution is 2.44. The van der Waals surface area contributed by atoms with Crippen LogP contribution < -0.4 is 5.46 Å². The molecule has 0 N–H and O–H groups in total. The van der Waals surface area contributed by atoms with Crippen molar-refractivity contribution < 1.29 is 9.31 Å². The zero-order valence-corrected chi connectivity index (χ0v) is 22.5. The molecule has 1 heterocycles. The monoisotopic (exact) mass is 495 g/mol. The largest absolute Gasteiger partial charge is 0.494 e. The number of nitriles is 1. The number of aryl methyl sites for hydroxylation is 1. The Kier molecular flexibility index (Phi) is 5.68. The van der Waals surface area contributed by atoms with Crippen LogP contribution in [0.2, 0.25) is 0 Å². The molecule has 5 aromatic rings. The molecule has 0 radical (unpaired) electrons. The van der Waals surface area contributed by atoms with Crippen LogP contribution in [0.4, 0.5) is 0 Å². The topological polar surface area (TPSA) is 42.2 Å². The molecule has 0 saturated carbocycles. The summed E-state index contributed by atoms with van der Waals surface area (Å²) in [6.07, 6.45) is 0. The van der Waals surface area contributed by atoms with Gasteiger partial charge in [-0.2, -0.15) is 5.26 Å². The summed E-state index contributed by atoms with van der Waals surface area (Å²) < 4.78 is 12.6. The van der Waals surface area contributed by atoms with E-state index in [2.05, 4.69) is 119 Å². The third-order valence-corrected chi connectivity index (χ3v) is 8.29. The summed E-state index contributed by atoms with van der Waals surface area (Å²) in [5.41, 5.74) is 6.65. The van der Waals surface area contributed by atoms with E-state index in [1.54, 1.807) is 0 Å². The number of nitrogens with zero attached hydrogens (tertiary/aromatic N) is 1. The molecule has 5 aromatic carbocycles. The molecular formula is C34H30BNO2. The average molecular weight is 495 g/mol. The van der Waals surface area contributed by atoms with Crippen LogP contribution in [0.15, 0.2) is 91.0 Å². The van der Waals surface area contributed by atoms with Gasteiger partial charge in [-0.05, 0) is 95.5 Å². The van der Waals surface area contributed by atoms with Crippen molar-refractivity contribution in [3.8, 4) is 28.3 Å². The molecule has 6 rings (SSSR count). The number of hydrogen-bond acceptors (Lipinski definition) is 3. The van der Waals surface area contributed by atoms with Crippen LogP contribution in [-0.2, 0) is 9.31 Å². The Morgan fingerprint density at radius 1 is 0.632 bits per heavy atom. The lowest BCUT2D eigenvalue weighted by atomic mass is 9.78. The molecule has 0 aromatic heterocycles. The van der Waals surface area contributed by atoms with Crippen LogP contribution in [-0.4, -0.2) is 18.3 Å². The van der Waals surface area contributed by atoms with Crippen LogP contribution in [0.25, 0.3) is 43.8 Å².